The van der Waals surface area contributed by atoms with Crippen molar-refractivity contribution >= 4 is 32.5 Å². The highest BCUT2D eigenvalue weighted by molar-refractivity contribution is 9.09. The lowest BCUT2D eigenvalue weighted by atomic mass is 10.1. The average molecular weight is 324 g/mol. The number of fused-ring (bicyclic) bond motifs is 2. The third-order valence-corrected chi connectivity index (χ3v) is 4.17. The zero-order valence-corrected chi connectivity index (χ0v) is 11.5. The molecule has 0 saturated heterocycles. The zero-order chi connectivity index (χ0) is 13.6. The van der Waals surface area contributed by atoms with E-state index in [0.717, 1.165) is 12.8 Å². The highest BCUT2D eigenvalue weighted by Crippen LogP contribution is 2.31. The van der Waals surface area contributed by atoms with Gasteiger partial charge in [-0.05, 0) is 18.9 Å². The number of nitrogens with zero attached hydrogens (tertiary/aromatic N) is 3. The number of halogens is 1. The third kappa shape index (κ3) is 1.94. The van der Waals surface area contributed by atoms with Crippen LogP contribution in [0.5, 0.6) is 0 Å². The molecular weight excluding hydrogens is 314 g/mol. The maximum absolute atomic E-state index is 12.3. The van der Waals surface area contributed by atoms with Crippen LogP contribution in [0.2, 0.25) is 0 Å². The fourth-order valence-corrected chi connectivity index (χ4v) is 3.03. The number of aromatic nitrogens is 2. The van der Waals surface area contributed by atoms with E-state index in [2.05, 4.69) is 20.9 Å². The molecule has 98 valence electrons. The molecular formula is C12H10BrN3O3. The Bertz CT molecular complexity index is 741. The fourth-order valence-electron chi connectivity index (χ4n) is 2.35. The summed E-state index contributed by atoms with van der Waals surface area (Å²) in [6.07, 6.45) is 1.83. The molecule has 0 radical (unpaired) electrons. The van der Waals surface area contributed by atoms with E-state index in [1.807, 2.05) is 0 Å². The summed E-state index contributed by atoms with van der Waals surface area (Å²) in [4.78, 5) is 27.1. The average Bonchev–Trinajstić information content (AvgIpc) is 2.40. The van der Waals surface area contributed by atoms with Crippen LogP contribution in [0.1, 0.15) is 23.5 Å². The molecule has 1 atom stereocenters. The number of benzene rings is 1. The summed E-state index contributed by atoms with van der Waals surface area (Å²) in [5, 5.41) is 11.2. The van der Waals surface area contributed by atoms with Gasteiger partial charge in [-0.15, -0.1) is 0 Å². The summed E-state index contributed by atoms with van der Waals surface area (Å²) in [7, 11) is 0. The number of rotatable bonds is 1. The van der Waals surface area contributed by atoms with E-state index in [0.29, 0.717) is 23.3 Å². The molecule has 0 bridgehead atoms. The molecule has 1 aliphatic rings. The smallest absolute Gasteiger partial charge is 0.271 e. The normalized spacial score (nSPS) is 18.3. The Morgan fingerprint density at radius 1 is 1.47 bits per heavy atom. The van der Waals surface area contributed by atoms with Gasteiger partial charge in [0.25, 0.3) is 11.2 Å². The molecule has 0 amide bonds. The highest BCUT2D eigenvalue weighted by Gasteiger charge is 2.22. The molecule has 1 aromatic carbocycles. The van der Waals surface area contributed by atoms with Crippen molar-refractivity contribution in [2.75, 3.05) is 0 Å². The van der Waals surface area contributed by atoms with Gasteiger partial charge in [0, 0.05) is 18.7 Å². The standard InChI is InChI=1S/C12H10BrN3O3/c13-9-2-1-5-15-11(9)14-10-6-7(16(18)19)3-4-8(10)12(15)17/h3-4,6,9H,1-2,5H2/t9-/m1/s1. The van der Waals surface area contributed by atoms with Gasteiger partial charge in [-0.1, -0.05) is 15.9 Å². The second-order valence-electron chi connectivity index (χ2n) is 4.50. The molecule has 0 aliphatic carbocycles. The molecule has 0 saturated carbocycles. The van der Waals surface area contributed by atoms with Crippen molar-refractivity contribution in [1.82, 2.24) is 9.55 Å². The number of hydrogen-bond acceptors (Lipinski definition) is 4. The van der Waals surface area contributed by atoms with Crippen LogP contribution in [0.3, 0.4) is 0 Å². The summed E-state index contributed by atoms with van der Waals surface area (Å²) < 4.78 is 1.65. The van der Waals surface area contributed by atoms with Gasteiger partial charge in [0.1, 0.15) is 5.82 Å². The summed E-state index contributed by atoms with van der Waals surface area (Å²) in [6.45, 7) is 0.649. The number of non-ortho nitro benzene ring substituents is 1. The Morgan fingerprint density at radius 3 is 3.00 bits per heavy atom. The van der Waals surface area contributed by atoms with E-state index in [1.165, 1.54) is 18.2 Å². The SMILES string of the molecule is O=c1c2ccc([N+](=O)[O-])cc2nc2n1CCC[C@H]2Br. The summed E-state index contributed by atoms with van der Waals surface area (Å²) in [5.41, 5.74) is 0.210. The third-order valence-electron chi connectivity index (χ3n) is 3.30. The van der Waals surface area contributed by atoms with Gasteiger partial charge in [0.15, 0.2) is 0 Å². The van der Waals surface area contributed by atoms with E-state index in [-0.39, 0.29) is 16.1 Å². The van der Waals surface area contributed by atoms with E-state index < -0.39 is 4.92 Å². The highest BCUT2D eigenvalue weighted by atomic mass is 79.9. The Hall–Kier alpha value is -1.76. The Labute approximate surface area is 116 Å². The van der Waals surface area contributed by atoms with Crippen molar-refractivity contribution in [3.8, 4) is 0 Å². The van der Waals surface area contributed by atoms with Crippen LogP contribution in [0.15, 0.2) is 23.0 Å². The molecule has 7 heteroatoms. The lowest BCUT2D eigenvalue weighted by molar-refractivity contribution is -0.384. The molecule has 3 rings (SSSR count). The second kappa shape index (κ2) is 4.41. The van der Waals surface area contributed by atoms with Crippen LogP contribution in [-0.2, 0) is 6.54 Å². The molecule has 0 fully saturated rings. The first-order valence-corrected chi connectivity index (χ1v) is 6.82. The van der Waals surface area contributed by atoms with Crippen LogP contribution in [0, 0.1) is 10.1 Å². The first-order valence-electron chi connectivity index (χ1n) is 5.91. The minimum absolute atomic E-state index is 0.0256. The van der Waals surface area contributed by atoms with E-state index in [1.54, 1.807) is 4.57 Å². The van der Waals surface area contributed by atoms with Gasteiger partial charge in [-0.3, -0.25) is 19.5 Å². The summed E-state index contributed by atoms with van der Waals surface area (Å²) >= 11 is 3.50. The minimum Gasteiger partial charge on any atom is -0.295 e. The maximum Gasteiger partial charge on any atom is 0.271 e. The molecule has 0 N–H and O–H groups in total. The van der Waals surface area contributed by atoms with Crippen molar-refractivity contribution in [1.29, 1.82) is 0 Å². The second-order valence-corrected chi connectivity index (χ2v) is 5.60. The van der Waals surface area contributed by atoms with Crippen LogP contribution < -0.4 is 5.56 Å². The number of nitro benzene ring substituents is 1. The van der Waals surface area contributed by atoms with Crippen LogP contribution in [0.25, 0.3) is 10.9 Å². The van der Waals surface area contributed by atoms with Crippen LogP contribution in [-0.4, -0.2) is 14.5 Å². The summed E-state index contributed by atoms with van der Waals surface area (Å²) in [5.74, 6) is 0.657. The Kier molecular flexibility index (Phi) is 2.85. The number of nitro groups is 1. The molecule has 6 nitrogen and oxygen atoms in total. The van der Waals surface area contributed by atoms with Gasteiger partial charge in [-0.2, -0.15) is 0 Å². The first kappa shape index (κ1) is 12.3. The molecule has 2 heterocycles. The lowest BCUT2D eigenvalue weighted by Crippen LogP contribution is -2.29. The number of alkyl halides is 1. The Balaban J connectivity index is 2.33. The lowest BCUT2D eigenvalue weighted by Gasteiger charge is -2.22. The summed E-state index contributed by atoms with van der Waals surface area (Å²) in [6, 6.07) is 4.17. The predicted molar refractivity (Wildman–Crippen MR) is 73.6 cm³/mol. The van der Waals surface area contributed by atoms with Crippen molar-refractivity contribution in [2.24, 2.45) is 0 Å². The maximum atomic E-state index is 12.3. The molecule has 19 heavy (non-hydrogen) atoms. The van der Waals surface area contributed by atoms with Crippen molar-refractivity contribution in [3.63, 3.8) is 0 Å². The minimum atomic E-state index is -0.482. The van der Waals surface area contributed by atoms with E-state index in [9.17, 15) is 14.9 Å². The van der Waals surface area contributed by atoms with Crippen molar-refractivity contribution in [3.05, 3.63) is 44.5 Å². The molecule has 0 spiro atoms. The molecule has 0 unspecified atom stereocenters. The van der Waals surface area contributed by atoms with E-state index >= 15 is 0 Å². The van der Waals surface area contributed by atoms with Crippen LogP contribution in [0.4, 0.5) is 5.69 Å². The predicted octanol–water partition coefficient (Wildman–Crippen LogP) is 2.53. The topological polar surface area (TPSA) is 78.0 Å². The van der Waals surface area contributed by atoms with Gasteiger partial charge < -0.3 is 0 Å². The van der Waals surface area contributed by atoms with E-state index in [4.69, 9.17) is 0 Å². The largest absolute Gasteiger partial charge is 0.295 e. The molecule has 1 aliphatic heterocycles. The van der Waals surface area contributed by atoms with Gasteiger partial charge in [0.2, 0.25) is 0 Å². The first-order chi connectivity index (χ1) is 9.08. The number of hydrogen-bond donors (Lipinski definition) is 0. The molecule has 1 aromatic heterocycles. The van der Waals surface area contributed by atoms with Gasteiger partial charge in [0.05, 0.1) is 20.7 Å². The zero-order valence-electron chi connectivity index (χ0n) is 9.88. The van der Waals surface area contributed by atoms with Crippen LogP contribution >= 0.6 is 15.9 Å². The van der Waals surface area contributed by atoms with Crippen molar-refractivity contribution in [2.45, 2.75) is 24.2 Å². The van der Waals surface area contributed by atoms with Gasteiger partial charge in [-0.25, -0.2) is 4.98 Å². The van der Waals surface area contributed by atoms with Gasteiger partial charge >= 0.3 is 0 Å². The van der Waals surface area contributed by atoms with Crippen molar-refractivity contribution < 1.29 is 4.92 Å². The quantitative estimate of drug-likeness (QED) is 0.459. The fraction of sp³-hybridized carbons (Fsp3) is 0.333. The monoisotopic (exact) mass is 323 g/mol. The molecule has 2 aromatic rings. The Morgan fingerprint density at radius 2 is 2.26 bits per heavy atom.